The molecule has 0 atom stereocenters. The van der Waals surface area contributed by atoms with Gasteiger partial charge in [0.25, 0.3) is 0 Å². The molecule has 3 aromatic carbocycles. The third-order valence-electron chi connectivity index (χ3n) is 4.90. The molecule has 25 heavy (non-hydrogen) atoms. The summed E-state index contributed by atoms with van der Waals surface area (Å²) in [5.41, 5.74) is 5.45. The van der Waals surface area contributed by atoms with Crippen LogP contribution in [0.1, 0.15) is 21.5 Å². The van der Waals surface area contributed by atoms with Gasteiger partial charge in [0.15, 0.2) is 6.29 Å². The van der Waals surface area contributed by atoms with Crippen LogP contribution in [0.5, 0.6) is 0 Å². The number of hydrogen-bond acceptors (Lipinski definition) is 3. The zero-order valence-corrected chi connectivity index (χ0v) is 15.0. The molecule has 4 heteroatoms. The van der Waals surface area contributed by atoms with Gasteiger partial charge in [-0.3, -0.25) is 4.79 Å². The van der Waals surface area contributed by atoms with Crippen molar-refractivity contribution in [3.05, 3.63) is 70.2 Å². The Bertz CT molecular complexity index is 983. The maximum atomic E-state index is 11.6. The third-order valence-corrected chi connectivity index (χ3v) is 5.14. The van der Waals surface area contributed by atoms with Crippen LogP contribution < -0.4 is 9.80 Å². The van der Waals surface area contributed by atoms with Crippen molar-refractivity contribution in [1.29, 1.82) is 0 Å². The Labute approximate surface area is 152 Å². The van der Waals surface area contributed by atoms with E-state index in [1.807, 2.05) is 36.4 Å². The van der Waals surface area contributed by atoms with E-state index in [1.165, 1.54) is 16.9 Å². The lowest BCUT2D eigenvalue weighted by molar-refractivity contribution is 0.112. The zero-order valence-electron chi connectivity index (χ0n) is 14.3. The van der Waals surface area contributed by atoms with Crippen LogP contribution in [0.3, 0.4) is 0 Å². The first-order valence-corrected chi connectivity index (χ1v) is 8.67. The first-order chi connectivity index (χ1) is 12.1. The van der Waals surface area contributed by atoms with Gasteiger partial charge in [0.1, 0.15) is 0 Å². The van der Waals surface area contributed by atoms with Gasteiger partial charge in [-0.2, -0.15) is 0 Å². The van der Waals surface area contributed by atoms with Gasteiger partial charge < -0.3 is 9.80 Å². The molecule has 0 aromatic heterocycles. The quantitative estimate of drug-likeness (QED) is 0.584. The van der Waals surface area contributed by atoms with Crippen LogP contribution in [0, 0.1) is 0 Å². The number of anilines is 2. The molecule has 126 valence electrons. The number of fused-ring (bicyclic) bond motifs is 4. The van der Waals surface area contributed by atoms with Gasteiger partial charge in [-0.05, 0) is 40.8 Å². The molecular formula is C21H19ClN2O. The summed E-state index contributed by atoms with van der Waals surface area (Å²) in [7, 11) is 4.18. The minimum Gasteiger partial charge on any atom is -0.370 e. The molecule has 0 bridgehead atoms. The fourth-order valence-electron chi connectivity index (χ4n) is 3.85. The van der Waals surface area contributed by atoms with Gasteiger partial charge in [0.2, 0.25) is 0 Å². The number of aldehydes is 1. The molecule has 1 aliphatic rings. The molecule has 0 saturated carbocycles. The van der Waals surface area contributed by atoms with Gasteiger partial charge in [-0.15, -0.1) is 0 Å². The number of benzene rings is 3. The second-order valence-corrected chi connectivity index (χ2v) is 7.06. The van der Waals surface area contributed by atoms with Gasteiger partial charge in [0, 0.05) is 54.5 Å². The molecule has 0 amide bonds. The normalized spacial score (nSPS) is 13.9. The molecule has 1 aliphatic heterocycles. The highest BCUT2D eigenvalue weighted by molar-refractivity contribution is 6.30. The first kappa shape index (κ1) is 16.0. The van der Waals surface area contributed by atoms with Gasteiger partial charge in [-0.1, -0.05) is 35.9 Å². The maximum absolute atomic E-state index is 11.6. The van der Waals surface area contributed by atoms with Crippen molar-refractivity contribution in [1.82, 2.24) is 0 Å². The lowest BCUT2D eigenvalue weighted by atomic mass is 9.96. The molecule has 3 nitrogen and oxygen atoms in total. The van der Waals surface area contributed by atoms with E-state index in [-0.39, 0.29) is 0 Å². The van der Waals surface area contributed by atoms with Crippen LogP contribution in [0.25, 0.3) is 10.8 Å². The summed E-state index contributed by atoms with van der Waals surface area (Å²) in [4.78, 5) is 16.1. The van der Waals surface area contributed by atoms with Gasteiger partial charge >= 0.3 is 0 Å². The van der Waals surface area contributed by atoms with E-state index in [1.54, 1.807) is 0 Å². The average molecular weight is 351 g/mol. The van der Waals surface area contributed by atoms with E-state index < -0.39 is 0 Å². The summed E-state index contributed by atoms with van der Waals surface area (Å²) in [6.07, 6.45) is 0.953. The van der Waals surface area contributed by atoms with Crippen LogP contribution in [-0.4, -0.2) is 20.4 Å². The van der Waals surface area contributed by atoms with Crippen molar-refractivity contribution < 1.29 is 4.79 Å². The topological polar surface area (TPSA) is 23.6 Å². The molecule has 0 aliphatic carbocycles. The van der Waals surface area contributed by atoms with Gasteiger partial charge in [0.05, 0.1) is 0 Å². The van der Waals surface area contributed by atoms with E-state index in [4.69, 9.17) is 11.6 Å². The largest absolute Gasteiger partial charge is 0.370 e. The number of nitrogens with zero attached hydrogens (tertiary/aromatic N) is 2. The molecule has 0 radical (unpaired) electrons. The Morgan fingerprint density at radius 2 is 1.64 bits per heavy atom. The lowest BCUT2D eigenvalue weighted by Gasteiger charge is -2.33. The molecule has 1 heterocycles. The summed E-state index contributed by atoms with van der Waals surface area (Å²) in [6, 6.07) is 16.2. The van der Waals surface area contributed by atoms with E-state index in [2.05, 4.69) is 36.0 Å². The molecule has 0 N–H and O–H groups in total. The third kappa shape index (κ3) is 2.65. The Morgan fingerprint density at radius 1 is 0.920 bits per heavy atom. The highest BCUT2D eigenvalue weighted by atomic mass is 35.5. The van der Waals surface area contributed by atoms with Crippen molar-refractivity contribution in [2.45, 2.75) is 13.1 Å². The Hall–Kier alpha value is -2.52. The molecule has 4 rings (SSSR count). The Morgan fingerprint density at radius 3 is 2.40 bits per heavy atom. The van der Waals surface area contributed by atoms with Crippen molar-refractivity contribution in [3.8, 4) is 0 Å². The van der Waals surface area contributed by atoms with E-state index in [0.717, 1.165) is 46.3 Å². The van der Waals surface area contributed by atoms with Crippen molar-refractivity contribution in [2.24, 2.45) is 0 Å². The van der Waals surface area contributed by atoms with Crippen LogP contribution >= 0.6 is 11.6 Å². The fourth-order valence-corrected chi connectivity index (χ4v) is 4.04. The predicted octanol–water partition coefficient (Wildman–Crippen LogP) is 4.89. The molecule has 3 aromatic rings. The van der Waals surface area contributed by atoms with Crippen molar-refractivity contribution in [3.63, 3.8) is 0 Å². The number of halogens is 1. The van der Waals surface area contributed by atoms with Crippen LogP contribution in [0.15, 0.2) is 48.5 Å². The number of carbonyl (C=O) groups excluding carboxylic acids is 1. The predicted molar refractivity (Wildman–Crippen MR) is 105 cm³/mol. The van der Waals surface area contributed by atoms with E-state index >= 15 is 0 Å². The second kappa shape index (κ2) is 6.08. The number of rotatable bonds is 1. The van der Waals surface area contributed by atoms with Crippen molar-refractivity contribution in [2.75, 3.05) is 23.9 Å². The highest BCUT2D eigenvalue weighted by Gasteiger charge is 2.21. The minimum atomic E-state index is 0.736. The minimum absolute atomic E-state index is 0.736. The van der Waals surface area contributed by atoms with Crippen molar-refractivity contribution >= 4 is 40.0 Å². The summed E-state index contributed by atoms with van der Waals surface area (Å²) in [5.74, 6) is 0. The number of carbonyl (C=O) groups is 1. The van der Waals surface area contributed by atoms with E-state index in [9.17, 15) is 4.79 Å². The Kier molecular flexibility index (Phi) is 3.89. The van der Waals surface area contributed by atoms with Gasteiger partial charge in [-0.25, -0.2) is 0 Å². The average Bonchev–Trinajstić information content (AvgIpc) is 2.59. The summed E-state index contributed by atoms with van der Waals surface area (Å²) in [6.45, 7) is 1.50. The SMILES string of the molecule is CN1Cc2cc(C=O)c3ccccc3c2N(C)Cc2cc(Cl)ccc21. The molecule has 0 saturated heterocycles. The Balaban J connectivity index is 1.97. The summed E-state index contributed by atoms with van der Waals surface area (Å²) >= 11 is 6.23. The zero-order chi connectivity index (χ0) is 17.6. The summed E-state index contributed by atoms with van der Waals surface area (Å²) in [5, 5.41) is 2.86. The van der Waals surface area contributed by atoms with E-state index in [0.29, 0.717) is 0 Å². The fraction of sp³-hybridized carbons (Fsp3) is 0.190. The second-order valence-electron chi connectivity index (χ2n) is 6.62. The standard InChI is InChI=1S/C21H19ClN2O/c1-23-12-15-9-16(13-25)18-5-3-4-6-19(18)21(15)24(2)11-14-10-17(22)7-8-20(14)23/h3-10,13H,11-12H2,1-2H3. The maximum Gasteiger partial charge on any atom is 0.150 e. The molecule has 0 spiro atoms. The molecule has 0 fully saturated rings. The van der Waals surface area contributed by atoms with Crippen LogP contribution in [0.2, 0.25) is 5.02 Å². The lowest BCUT2D eigenvalue weighted by Crippen LogP contribution is -2.27. The first-order valence-electron chi connectivity index (χ1n) is 8.29. The van der Waals surface area contributed by atoms with Crippen LogP contribution in [-0.2, 0) is 13.1 Å². The number of hydrogen-bond donors (Lipinski definition) is 0. The molecular weight excluding hydrogens is 332 g/mol. The smallest absolute Gasteiger partial charge is 0.150 e. The summed E-state index contributed by atoms with van der Waals surface area (Å²) < 4.78 is 0. The van der Waals surface area contributed by atoms with Crippen LogP contribution in [0.4, 0.5) is 11.4 Å². The molecule has 0 unspecified atom stereocenters. The monoisotopic (exact) mass is 350 g/mol. The highest BCUT2D eigenvalue weighted by Crippen LogP contribution is 2.38.